The number of likely N-dealkylation sites (tertiary alicyclic amines) is 1. The first-order chi connectivity index (χ1) is 15.1. The van der Waals surface area contributed by atoms with Crippen LogP contribution in [0.4, 0.5) is 0 Å². The van der Waals surface area contributed by atoms with Crippen molar-refractivity contribution in [2.24, 2.45) is 23.2 Å². The second-order valence-electron chi connectivity index (χ2n) is 10.1. The fourth-order valence-electron chi connectivity index (χ4n) is 7.09. The lowest BCUT2D eigenvalue weighted by Crippen LogP contribution is -2.56. The van der Waals surface area contributed by atoms with Crippen LogP contribution in [-0.2, 0) is 20.9 Å². The fraction of sp³-hybridized carbons (Fsp3) is 0.625. The van der Waals surface area contributed by atoms with Crippen molar-refractivity contribution in [2.45, 2.75) is 64.0 Å². The summed E-state index contributed by atoms with van der Waals surface area (Å²) in [6.07, 6.45) is 8.57. The Bertz CT molecular complexity index is 946. The highest BCUT2D eigenvalue weighted by molar-refractivity contribution is 7.13. The number of hydrogen-bond acceptors (Lipinski definition) is 6. The molecule has 5 fully saturated rings. The summed E-state index contributed by atoms with van der Waals surface area (Å²) in [4.78, 5) is 29.5. The van der Waals surface area contributed by atoms with Gasteiger partial charge < -0.3 is 14.2 Å². The Morgan fingerprint density at radius 2 is 1.94 bits per heavy atom. The van der Waals surface area contributed by atoms with Gasteiger partial charge in [0.15, 0.2) is 5.76 Å². The molecule has 3 heterocycles. The molecule has 31 heavy (non-hydrogen) atoms. The van der Waals surface area contributed by atoms with Crippen LogP contribution in [0.2, 0.25) is 0 Å². The number of thiophene rings is 1. The van der Waals surface area contributed by atoms with Gasteiger partial charge in [0.05, 0.1) is 10.3 Å². The van der Waals surface area contributed by atoms with Crippen LogP contribution in [0, 0.1) is 23.2 Å². The van der Waals surface area contributed by atoms with Gasteiger partial charge in [-0.25, -0.2) is 4.79 Å². The molecular weight excluding hydrogens is 412 g/mol. The van der Waals surface area contributed by atoms with Gasteiger partial charge in [0.25, 0.3) is 0 Å². The average molecular weight is 441 g/mol. The number of carbonyl (C=O) groups excluding carboxylic acids is 2. The monoisotopic (exact) mass is 440 g/mol. The lowest BCUT2D eigenvalue weighted by atomic mass is 9.49. The smallest absolute Gasteiger partial charge is 0.329 e. The number of hydrogen-bond donors (Lipinski definition) is 0. The SMILES string of the molecule is O=C(OCc1cc(-c2cccs2)on1)C1CCCN1C(=O)C12CC3CC(CC(C3)C1)C2. The molecule has 6 nitrogen and oxygen atoms in total. The van der Waals surface area contributed by atoms with E-state index in [4.69, 9.17) is 9.26 Å². The van der Waals surface area contributed by atoms with Gasteiger partial charge in [-0.05, 0) is 80.6 Å². The standard InChI is InChI=1S/C24H28N2O4S/c27-22(29-14-18-10-20(30-25-18)21-4-2-6-31-21)19-3-1-5-26(19)23(28)24-11-15-7-16(12-24)9-17(8-15)13-24/h2,4,6,10,15-17,19H,1,3,5,7-9,11-14H2. The number of aromatic nitrogens is 1. The van der Waals surface area contributed by atoms with E-state index in [1.807, 2.05) is 28.5 Å². The molecular formula is C24H28N2O4S. The quantitative estimate of drug-likeness (QED) is 0.633. The van der Waals surface area contributed by atoms with Gasteiger partial charge in [0, 0.05) is 12.6 Å². The van der Waals surface area contributed by atoms with Crippen molar-refractivity contribution >= 4 is 23.2 Å². The topological polar surface area (TPSA) is 72.6 Å². The van der Waals surface area contributed by atoms with Crippen LogP contribution in [-0.4, -0.2) is 34.5 Å². The molecule has 0 aromatic carbocycles. The molecule has 4 aliphatic carbocycles. The third-order valence-corrected chi connectivity index (χ3v) is 8.85. The van der Waals surface area contributed by atoms with Crippen LogP contribution >= 0.6 is 11.3 Å². The first-order valence-electron chi connectivity index (χ1n) is 11.6. The van der Waals surface area contributed by atoms with E-state index in [1.165, 1.54) is 19.3 Å². The highest BCUT2D eigenvalue weighted by Gasteiger charge is 2.57. The van der Waals surface area contributed by atoms with Crippen LogP contribution in [0.15, 0.2) is 28.1 Å². The Labute approximate surface area is 185 Å². The second kappa shape index (κ2) is 7.47. The maximum absolute atomic E-state index is 13.7. The van der Waals surface area contributed by atoms with Gasteiger partial charge in [-0.15, -0.1) is 11.3 Å². The summed E-state index contributed by atoms with van der Waals surface area (Å²) in [5, 5.41) is 6.00. The molecule has 1 atom stereocenters. The van der Waals surface area contributed by atoms with E-state index in [2.05, 4.69) is 5.16 Å². The molecule has 0 N–H and O–H groups in total. The van der Waals surface area contributed by atoms with E-state index in [9.17, 15) is 9.59 Å². The zero-order valence-electron chi connectivity index (χ0n) is 17.6. The zero-order chi connectivity index (χ0) is 21.0. The molecule has 7 rings (SSSR count). The minimum Gasteiger partial charge on any atom is -0.458 e. The van der Waals surface area contributed by atoms with Crippen molar-refractivity contribution in [2.75, 3.05) is 6.54 Å². The fourth-order valence-corrected chi connectivity index (χ4v) is 7.76. The molecule has 5 aliphatic rings. The van der Waals surface area contributed by atoms with Gasteiger partial charge in [-0.1, -0.05) is 11.2 Å². The highest BCUT2D eigenvalue weighted by atomic mass is 32.1. The molecule has 7 heteroatoms. The Morgan fingerprint density at radius 3 is 2.61 bits per heavy atom. The normalized spacial score (nSPS) is 33.7. The summed E-state index contributed by atoms with van der Waals surface area (Å²) in [7, 11) is 0. The number of carbonyl (C=O) groups is 2. The van der Waals surface area contributed by atoms with Gasteiger partial charge in [0.1, 0.15) is 18.3 Å². The summed E-state index contributed by atoms with van der Waals surface area (Å²) >= 11 is 1.58. The van der Waals surface area contributed by atoms with E-state index in [-0.39, 0.29) is 23.9 Å². The van der Waals surface area contributed by atoms with Crippen molar-refractivity contribution in [1.29, 1.82) is 0 Å². The van der Waals surface area contributed by atoms with Crippen LogP contribution in [0.25, 0.3) is 10.6 Å². The highest BCUT2D eigenvalue weighted by Crippen LogP contribution is 2.60. The summed E-state index contributed by atoms with van der Waals surface area (Å²) in [5.74, 6) is 2.75. The predicted octanol–water partition coefficient (Wildman–Crippen LogP) is 4.65. The van der Waals surface area contributed by atoms with E-state index < -0.39 is 6.04 Å². The number of rotatable bonds is 5. The van der Waals surface area contributed by atoms with Crippen molar-refractivity contribution in [3.05, 3.63) is 29.3 Å². The van der Waals surface area contributed by atoms with E-state index in [0.29, 0.717) is 42.2 Å². The molecule has 0 radical (unpaired) electrons. The molecule has 2 aromatic heterocycles. The molecule has 1 unspecified atom stereocenters. The average Bonchev–Trinajstić information content (AvgIpc) is 3.52. The number of ether oxygens (including phenoxy) is 1. The summed E-state index contributed by atoms with van der Waals surface area (Å²) in [5.41, 5.74) is 0.382. The molecule has 1 saturated heterocycles. The van der Waals surface area contributed by atoms with Crippen LogP contribution in [0.5, 0.6) is 0 Å². The van der Waals surface area contributed by atoms with Gasteiger partial charge in [0.2, 0.25) is 5.91 Å². The van der Waals surface area contributed by atoms with Crippen molar-refractivity contribution in [1.82, 2.24) is 10.1 Å². The molecule has 4 bridgehead atoms. The maximum atomic E-state index is 13.7. The summed E-state index contributed by atoms with van der Waals surface area (Å²) in [6.45, 7) is 0.746. The lowest BCUT2D eigenvalue weighted by Gasteiger charge is -2.56. The Hall–Kier alpha value is -2.15. The van der Waals surface area contributed by atoms with Crippen molar-refractivity contribution in [3.63, 3.8) is 0 Å². The van der Waals surface area contributed by atoms with Crippen LogP contribution in [0.3, 0.4) is 0 Å². The van der Waals surface area contributed by atoms with E-state index >= 15 is 0 Å². The first kappa shape index (κ1) is 19.5. The Kier molecular flexibility index (Phi) is 4.70. The molecule has 2 aromatic rings. The molecule has 164 valence electrons. The third-order valence-electron chi connectivity index (χ3n) is 7.96. The van der Waals surface area contributed by atoms with Gasteiger partial charge >= 0.3 is 5.97 Å². The lowest BCUT2D eigenvalue weighted by molar-refractivity contribution is -0.166. The van der Waals surface area contributed by atoms with Crippen LogP contribution in [0.1, 0.15) is 57.1 Å². The van der Waals surface area contributed by atoms with Crippen LogP contribution < -0.4 is 0 Å². The van der Waals surface area contributed by atoms with Gasteiger partial charge in [-0.3, -0.25) is 4.79 Å². The number of nitrogens with zero attached hydrogens (tertiary/aromatic N) is 2. The summed E-state index contributed by atoms with van der Waals surface area (Å²) in [6, 6.07) is 5.28. The Balaban J connectivity index is 1.12. The van der Waals surface area contributed by atoms with Crippen molar-refractivity contribution in [3.8, 4) is 10.6 Å². The number of amides is 1. The molecule has 4 saturated carbocycles. The van der Waals surface area contributed by atoms with Gasteiger partial charge in [-0.2, -0.15) is 0 Å². The largest absolute Gasteiger partial charge is 0.458 e. The molecule has 1 aliphatic heterocycles. The van der Waals surface area contributed by atoms with Crippen molar-refractivity contribution < 1.29 is 18.8 Å². The second-order valence-corrected chi connectivity index (χ2v) is 11.1. The zero-order valence-corrected chi connectivity index (χ0v) is 18.4. The third kappa shape index (κ3) is 3.41. The van der Waals surface area contributed by atoms with E-state index in [0.717, 1.165) is 30.6 Å². The maximum Gasteiger partial charge on any atom is 0.329 e. The molecule has 1 amide bonds. The predicted molar refractivity (Wildman–Crippen MR) is 115 cm³/mol. The summed E-state index contributed by atoms with van der Waals surface area (Å²) < 4.78 is 11.0. The minimum absolute atomic E-state index is 0.0730. The Morgan fingerprint density at radius 1 is 1.19 bits per heavy atom. The molecule has 0 spiro atoms. The first-order valence-corrected chi connectivity index (χ1v) is 12.4. The minimum atomic E-state index is -0.454. The van der Waals surface area contributed by atoms with E-state index in [1.54, 1.807) is 11.3 Å². The number of esters is 1.